The number of ether oxygens (including phenoxy) is 1. The molecule has 0 unspecified atom stereocenters. The highest BCUT2D eigenvalue weighted by atomic mass is 35.5. The molecule has 1 heterocycles. The van der Waals surface area contributed by atoms with Crippen LogP contribution in [0.1, 0.15) is 18.9 Å². The Balaban J connectivity index is 1.59. The molecule has 0 aliphatic carbocycles. The Morgan fingerprint density at radius 3 is 2.68 bits per heavy atom. The summed E-state index contributed by atoms with van der Waals surface area (Å²) in [6, 6.07) is 14.6. The highest BCUT2D eigenvalue weighted by Gasteiger charge is 2.18. The Bertz CT molecular complexity index is 966. The summed E-state index contributed by atoms with van der Waals surface area (Å²) in [5, 5.41) is 12.4. The van der Waals surface area contributed by atoms with Crippen LogP contribution in [0.25, 0.3) is 0 Å². The summed E-state index contributed by atoms with van der Waals surface area (Å²) in [4.78, 5) is 12.2. The Hall–Kier alpha value is -2.22. The van der Waals surface area contributed by atoms with Gasteiger partial charge in [0.1, 0.15) is 5.75 Å². The normalized spacial score (nSPS) is 11.9. The van der Waals surface area contributed by atoms with E-state index in [1.807, 2.05) is 48.9 Å². The van der Waals surface area contributed by atoms with Crippen LogP contribution in [0.5, 0.6) is 5.75 Å². The number of aromatic nitrogens is 3. The first-order valence-electron chi connectivity index (χ1n) is 8.43. The molecular formula is C19H18Cl2N4O2S. The van der Waals surface area contributed by atoms with Crippen LogP contribution in [-0.4, -0.2) is 26.4 Å². The summed E-state index contributed by atoms with van der Waals surface area (Å²) in [5.41, 5.74) is 0.475. The van der Waals surface area contributed by atoms with Crippen LogP contribution < -0.4 is 10.1 Å². The number of carbonyl (C=O) groups is 1. The van der Waals surface area contributed by atoms with E-state index in [4.69, 9.17) is 27.9 Å². The molecule has 0 fully saturated rings. The number of anilines is 1. The van der Waals surface area contributed by atoms with Crippen LogP contribution in [0.2, 0.25) is 10.0 Å². The molecule has 28 heavy (non-hydrogen) atoms. The summed E-state index contributed by atoms with van der Waals surface area (Å²) in [6.45, 7) is 1.90. The molecule has 0 spiro atoms. The fourth-order valence-electron chi connectivity index (χ4n) is 2.48. The second kappa shape index (κ2) is 9.32. The Morgan fingerprint density at radius 2 is 1.93 bits per heavy atom. The summed E-state index contributed by atoms with van der Waals surface area (Å²) < 4.78 is 7.70. The quantitative estimate of drug-likeness (QED) is 0.528. The van der Waals surface area contributed by atoms with Crippen molar-refractivity contribution in [1.82, 2.24) is 14.8 Å². The predicted octanol–water partition coefficient (Wildman–Crippen LogP) is 4.99. The SMILES string of the molecule is C[C@H](Oc1ccccc1)c1nnc(SCC(=O)Nc2cccc(Cl)c2Cl)n1C. The van der Waals surface area contributed by atoms with E-state index >= 15 is 0 Å². The topological polar surface area (TPSA) is 69.0 Å². The third-order valence-electron chi connectivity index (χ3n) is 3.85. The summed E-state index contributed by atoms with van der Waals surface area (Å²) in [5.74, 6) is 1.37. The molecule has 9 heteroatoms. The van der Waals surface area contributed by atoms with E-state index in [0.29, 0.717) is 26.7 Å². The van der Waals surface area contributed by atoms with Gasteiger partial charge in [-0.2, -0.15) is 0 Å². The number of nitrogens with zero attached hydrogens (tertiary/aromatic N) is 3. The monoisotopic (exact) mass is 436 g/mol. The maximum absolute atomic E-state index is 12.2. The molecule has 1 aromatic heterocycles. The lowest BCUT2D eigenvalue weighted by atomic mass is 10.3. The second-order valence-corrected chi connectivity index (χ2v) is 7.64. The molecule has 3 aromatic rings. The summed E-state index contributed by atoms with van der Waals surface area (Å²) in [7, 11) is 1.84. The number of benzene rings is 2. The van der Waals surface area contributed by atoms with Gasteiger partial charge in [-0.1, -0.05) is 59.2 Å². The second-order valence-electron chi connectivity index (χ2n) is 5.91. The van der Waals surface area contributed by atoms with Gasteiger partial charge in [0.15, 0.2) is 17.1 Å². The van der Waals surface area contributed by atoms with E-state index in [1.165, 1.54) is 11.8 Å². The van der Waals surface area contributed by atoms with Crippen molar-refractivity contribution in [3.8, 4) is 5.75 Å². The van der Waals surface area contributed by atoms with E-state index in [9.17, 15) is 4.79 Å². The van der Waals surface area contributed by atoms with Gasteiger partial charge < -0.3 is 14.6 Å². The number of nitrogens with one attached hydrogen (secondary N) is 1. The molecule has 146 valence electrons. The molecule has 1 N–H and O–H groups in total. The predicted molar refractivity (Wildman–Crippen MR) is 112 cm³/mol. The first kappa shape index (κ1) is 20.5. The molecule has 0 radical (unpaired) electrons. The zero-order valence-electron chi connectivity index (χ0n) is 15.2. The lowest BCUT2D eigenvalue weighted by Crippen LogP contribution is -2.15. The van der Waals surface area contributed by atoms with Crippen molar-refractivity contribution in [2.45, 2.75) is 18.2 Å². The van der Waals surface area contributed by atoms with Gasteiger partial charge in [-0.3, -0.25) is 4.79 Å². The van der Waals surface area contributed by atoms with E-state index in [1.54, 1.807) is 18.2 Å². The minimum absolute atomic E-state index is 0.155. The van der Waals surface area contributed by atoms with E-state index in [0.717, 1.165) is 5.75 Å². The van der Waals surface area contributed by atoms with Gasteiger partial charge in [0.25, 0.3) is 0 Å². The van der Waals surface area contributed by atoms with Crippen molar-refractivity contribution in [2.75, 3.05) is 11.1 Å². The van der Waals surface area contributed by atoms with Crippen molar-refractivity contribution in [1.29, 1.82) is 0 Å². The largest absolute Gasteiger partial charge is 0.483 e. The van der Waals surface area contributed by atoms with Crippen molar-refractivity contribution in [2.24, 2.45) is 7.05 Å². The van der Waals surface area contributed by atoms with Gasteiger partial charge in [-0.15, -0.1) is 10.2 Å². The third kappa shape index (κ3) is 4.98. The Labute approximate surface area is 177 Å². The number of halogens is 2. The lowest BCUT2D eigenvalue weighted by Gasteiger charge is -2.14. The number of hydrogen-bond acceptors (Lipinski definition) is 5. The van der Waals surface area contributed by atoms with Crippen molar-refractivity contribution in [3.05, 3.63) is 64.4 Å². The van der Waals surface area contributed by atoms with Crippen LogP contribution in [0, 0.1) is 0 Å². The minimum atomic E-state index is -0.284. The number of rotatable bonds is 7. The van der Waals surface area contributed by atoms with Gasteiger partial charge in [0.05, 0.1) is 21.5 Å². The average Bonchev–Trinajstić information content (AvgIpc) is 3.05. The zero-order chi connectivity index (χ0) is 20.1. The molecule has 1 atom stereocenters. The minimum Gasteiger partial charge on any atom is -0.483 e. The first-order chi connectivity index (χ1) is 13.5. The lowest BCUT2D eigenvalue weighted by molar-refractivity contribution is -0.113. The molecule has 0 saturated carbocycles. The van der Waals surface area contributed by atoms with Crippen LogP contribution in [0.4, 0.5) is 5.69 Å². The third-order valence-corrected chi connectivity index (χ3v) is 5.69. The van der Waals surface area contributed by atoms with Gasteiger partial charge in [0.2, 0.25) is 5.91 Å². The van der Waals surface area contributed by atoms with Crippen molar-refractivity contribution in [3.63, 3.8) is 0 Å². The maximum Gasteiger partial charge on any atom is 0.234 e. The fourth-order valence-corrected chi connectivity index (χ4v) is 3.54. The van der Waals surface area contributed by atoms with E-state index < -0.39 is 0 Å². The van der Waals surface area contributed by atoms with Gasteiger partial charge >= 0.3 is 0 Å². The summed E-state index contributed by atoms with van der Waals surface area (Å²) >= 11 is 13.3. The summed E-state index contributed by atoms with van der Waals surface area (Å²) in [6.07, 6.45) is -0.284. The van der Waals surface area contributed by atoms with Gasteiger partial charge in [-0.05, 0) is 31.2 Å². The molecule has 0 saturated heterocycles. The first-order valence-corrected chi connectivity index (χ1v) is 10.2. The molecule has 0 aliphatic heterocycles. The van der Waals surface area contributed by atoms with E-state index in [-0.39, 0.29) is 17.8 Å². The number of hydrogen-bond donors (Lipinski definition) is 1. The number of para-hydroxylation sites is 1. The van der Waals surface area contributed by atoms with Crippen molar-refractivity contribution < 1.29 is 9.53 Å². The number of thioether (sulfide) groups is 1. The standard InChI is InChI=1S/C19H18Cl2N4O2S/c1-12(27-13-7-4-3-5-8-13)18-23-24-19(25(18)2)28-11-16(26)22-15-10-6-9-14(20)17(15)21/h3-10,12H,11H2,1-2H3,(H,22,26)/t12-/m0/s1. The molecular weight excluding hydrogens is 419 g/mol. The maximum atomic E-state index is 12.2. The van der Waals surface area contributed by atoms with E-state index in [2.05, 4.69) is 15.5 Å². The molecule has 6 nitrogen and oxygen atoms in total. The highest BCUT2D eigenvalue weighted by molar-refractivity contribution is 7.99. The van der Waals surface area contributed by atoms with Crippen LogP contribution in [-0.2, 0) is 11.8 Å². The van der Waals surface area contributed by atoms with Gasteiger partial charge in [0, 0.05) is 7.05 Å². The molecule has 0 aliphatic rings. The van der Waals surface area contributed by atoms with Gasteiger partial charge in [-0.25, -0.2) is 0 Å². The molecule has 2 aromatic carbocycles. The smallest absolute Gasteiger partial charge is 0.234 e. The molecule has 3 rings (SSSR count). The zero-order valence-corrected chi connectivity index (χ0v) is 17.6. The molecule has 0 bridgehead atoms. The highest BCUT2D eigenvalue weighted by Crippen LogP contribution is 2.30. The van der Waals surface area contributed by atoms with Crippen molar-refractivity contribution >= 4 is 46.6 Å². The van der Waals surface area contributed by atoms with Crippen LogP contribution in [0.15, 0.2) is 53.7 Å². The Morgan fingerprint density at radius 1 is 1.18 bits per heavy atom. The number of amides is 1. The fraction of sp³-hybridized carbons (Fsp3) is 0.211. The number of carbonyl (C=O) groups excluding carboxylic acids is 1. The van der Waals surface area contributed by atoms with Crippen LogP contribution in [0.3, 0.4) is 0 Å². The van der Waals surface area contributed by atoms with Crippen LogP contribution >= 0.6 is 35.0 Å². The Kier molecular flexibility index (Phi) is 6.83. The average molecular weight is 437 g/mol. The molecule has 1 amide bonds.